The monoisotopic (exact) mass is 317 g/mol. The lowest BCUT2D eigenvalue weighted by Gasteiger charge is -2.09. The summed E-state index contributed by atoms with van der Waals surface area (Å²) in [6.07, 6.45) is 0. The zero-order chi connectivity index (χ0) is 14.6. The van der Waals surface area contributed by atoms with Gasteiger partial charge < -0.3 is 10.6 Å². The first kappa shape index (κ1) is 12.9. The van der Waals surface area contributed by atoms with E-state index in [4.69, 9.17) is 11.6 Å². The van der Waals surface area contributed by atoms with Crippen LogP contribution in [0.5, 0.6) is 0 Å². The number of fused-ring (bicyclic) bond motifs is 5. The molecule has 106 valence electrons. The fourth-order valence-corrected chi connectivity index (χ4v) is 3.95. The number of nitrogens with one attached hydrogen (secondary N) is 2. The minimum Gasteiger partial charge on any atom is -0.381 e. The standard InChI is InChI=1S/C15H12ClN3OS/c1-7-6-17-13-12-8-2-5-11(16)19-9(8)3-4-10(12)21-14(13)15(20)18-7/h2-5,7,17H,6H2,1H3,(H,18,20). The summed E-state index contributed by atoms with van der Waals surface area (Å²) in [5, 5.41) is 8.94. The predicted molar refractivity (Wildman–Crippen MR) is 87.6 cm³/mol. The fourth-order valence-electron chi connectivity index (χ4n) is 2.70. The van der Waals surface area contributed by atoms with E-state index in [-0.39, 0.29) is 11.9 Å². The fraction of sp³-hybridized carbons (Fsp3) is 0.200. The summed E-state index contributed by atoms with van der Waals surface area (Å²) in [6.45, 7) is 2.70. The van der Waals surface area contributed by atoms with Crippen LogP contribution in [0.4, 0.5) is 5.69 Å². The molecule has 2 N–H and O–H groups in total. The van der Waals surface area contributed by atoms with Crippen molar-refractivity contribution in [3.8, 4) is 0 Å². The number of carbonyl (C=O) groups is 1. The Morgan fingerprint density at radius 3 is 3.05 bits per heavy atom. The van der Waals surface area contributed by atoms with Crippen LogP contribution in [0.3, 0.4) is 0 Å². The van der Waals surface area contributed by atoms with Crippen molar-refractivity contribution in [2.75, 3.05) is 11.9 Å². The number of halogens is 1. The third kappa shape index (κ3) is 1.96. The summed E-state index contributed by atoms with van der Waals surface area (Å²) in [4.78, 5) is 17.4. The van der Waals surface area contributed by atoms with Gasteiger partial charge in [0.05, 0.1) is 11.2 Å². The number of rotatable bonds is 0. The van der Waals surface area contributed by atoms with Gasteiger partial charge in [-0.25, -0.2) is 4.98 Å². The molecular weight excluding hydrogens is 306 g/mol. The number of benzene rings is 1. The van der Waals surface area contributed by atoms with Crippen LogP contribution in [-0.2, 0) is 0 Å². The summed E-state index contributed by atoms with van der Waals surface area (Å²) in [5.41, 5.74) is 1.75. The largest absolute Gasteiger partial charge is 0.381 e. The van der Waals surface area contributed by atoms with Gasteiger partial charge in [-0.3, -0.25) is 4.79 Å². The predicted octanol–water partition coefficient (Wildman–Crippen LogP) is 3.65. The molecule has 2 aromatic heterocycles. The highest BCUT2D eigenvalue weighted by Gasteiger charge is 2.24. The molecule has 1 amide bonds. The molecule has 1 atom stereocenters. The second kappa shape index (κ2) is 4.58. The maximum absolute atomic E-state index is 12.3. The molecule has 0 fully saturated rings. The van der Waals surface area contributed by atoms with Crippen molar-refractivity contribution in [3.63, 3.8) is 0 Å². The van der Waals surface area contributed by atoms with E-state index in [0.29, 0.717) is 11.7 Å². The Morgan fingerprint density at radius 1 is 1.33 bits per heavy atom. The molecule has 1 unspecified atom stereocenters. The van der Waals surface area contributed by atoms with Crippen LogP contribution in [0.1, 0.15) is 16.6 Å². The van der Waals surface area contributed by atoms with Crippen molar-refractivity contribution in [1.29, 1.82) is 0 Å². The third-order valence-corrected chi connectivity index (χ3v) is 5.02. The van der Waals surface area contributed by atoms with Crippen molar-refractivity contribution in [2.24, 2.45) is 0 Å². The van der Waals surface area contributed by atoms with Gasteiger partial charge in [-0.1, -0.05) is 11.6 Å². The Morgan fingerprint density at radius 2 is 2.19 bits per heavy atom. The van der Waals surface area contributed by atoms with Crippen molar-refractivity contribution in [1.82, 2.24) is 10.3 Å². The van der Waals surface area contributed by atoms with Crippen LogP contribution in [0.25, 0.3) is 21.0 Å². The molecule has 1 aliphatic heterocycles. The van der Waals surface area contributed by atoms with Crippen LogP contribution in [0.2, 0.25) is 5.15 Å². The Kier molecular flexibility index (Phi) is 2.80. The summed E-state index contributed by atoms with van der Waals surface area (Å²) >= 11 is 7.47. The molecule has 0 spiro atoms. The normalized spacial score (nSPS) is 18.2. The lowest BCUT2D eigenvalue weighted by molar-refractivity contribution is 0.0949. The first-order valence-corrected chi connectivity index (χ1v) is 7.89. The van der Waals surface area contributed by atoms with Crippen molar-refractivity contribution in [2.45, 2.75) is 13.0 Å². The zero-order valence-electron chi connectivity index (χ0n) is 11.2. The van der Waals surface area contributed by atoms with Crippen molar-refractivity contribution in [3.05, 3.63) is 34.3 Å². The molecule has 21 heavy (non-hydrogen) atoms. The van der Waals surface area contributed by atoms with E-state index in [2.05, 4.69) is 15.6 Å². The SMILES string of the molecule is CC1CNc2c(sc3ccc4nc(Cl)ccc4c23)C(=O)N1. The molecule has 0 bridgehead atoms. The molecule has 0 saturated heterocycles. The minimum atomic E-state index is -0.0150. The Hall–Kier alpha value is -1.85. The zero-order valence-corrected chi connectivity index (χ0v) is 12.8. The Bertz CT molecular complexity index is 889. The van der Waals surface area contributed by atoms with Gasteiger partial charge in [0.1, 0.15) is 10.0 Å². The average molecular weight is 318 g/mol. The third-order valence-electron chi connectivity index (χ3n) is 3.66. The smallest absolute Gasteiger partial charge is 0.263 e. The molecule has 0 radical (unpaired) electrons. The first-order chi connectivity index (χ1) is 10.1. The molecule has 1 aliphatic rings. The molecule has 1 aromatic carbocycles. The van der Waals surface area contributed by atoms with E-state index in [1.54, 1.807) is 6.07 Å². The second-order valence-corrected chi connectivity index (χ2v) is 6.64. The second-order valence-electron chi connectivity index (χ2n) is 5.20. The number of amides is 1. The highest BCUT2D eigenvalue weighted by Crippen LogP contribution is 2.40. The molecule has 4 rings (SSSR count). The van der Waals surface area contributed by atoms with Gasteiger partial charge >= 0.3 is 0 Å². The van der Waals surface area contributed by atoms with Crippen molar-refractivity contribution >= 4 is 55.5 Å². The number of nitrogens with zero attached hydrogens (tertiary/aromatic N) is 1. The maximum Gasteiger partial charge on any atom is 0.263 e. The average Bonchev–Trinajstić information content (AvgIpc) is 2.77. The van der Waals surface area contributed by atoms with E-state index in [1.807, 2.05) is 25.1 Å². The van der Waals surface area contributed by atoms with E-state index in [1.165, 1.54) is 11.3 Å². The molecule has 3 heterocycles. The first-order valence-electron chi connectivity index (χ1n) is 6.70. The molecule has 4 nitrogen and oxygen atoms in total. The number of hydrogen-bond donors (Lipinski definition) is 2. The van der Waals surface area contributed by atoms with Crippen LogP contribution >= 0.6 is 22.9 Å². The summed E-state index contributed by atoms with van der Waals surface area (Å²) in [7, 11) is 0. The van der Waals surface area contributed by atoms with Crippen LogP contribution in [-0.4, -0.2) is 23.5 Å². The van der Waals surface area contributed by atoms with Gasteiger partial charge in [-0.15, -0.1) is 11.3 Å². The Labute approximate surface area is 130 Å². The molecule has 0 aliphatic carbocycles. The van der Waals surface area contributed by atoms with Crippen molar-refractivity contribution < 1.29 is 4.79 Å². The van der Waals surface area contributed by atoms with E-state index in [0.717, 1.165) is 31.6 Å². The summed E-state index contributed by atoms with van der Waals surface area (Å²) < 4.78 is 1.08. The molecule has 3 aromatic rings. The highest BCUT2D eigenvalue weighted by molar-refractivity contribution is 7.21. The summed E-state index contributed by atoms with van der Waals surface area (Å²) in [6, 6.07) is 7.80. The minimum absolute atomic E-state index is 0.0150. The topological polar surface area (TPSA) is 54.0 Å². The Balaban J connectivity index is 2.08. The highest BCUT2D eigenvalue weighted by atomic mass is 35.5. The van der Waals surface area contributed by atoms with Gasteiger partial charge in [-0.2, -0.15) is 0 Å². The van der Waals surface area contributed by atoms with Gasteiger partial charge in [0.2, 0.25) is 0 Å². The van der Waals surface area contributed by atoms with Gasteiger partial charge in [0.15, 0.2) is 0 Å². The van der Waals surface area contributed by atoms with Crippen LogP contribution in [0, 0.1) is 0 Å². The van der Waals surface area contributed by atoms with Gasteiger partial charge in [-0.05, 0) is 31.2 Å². The maximum atomic E-state index is 12.3. The van der Waals surface area contributed by atoms with Gasteiger partial charge in [0.25, 0.3) is 5.91 Å². The van der Waals surface area contributed by atoms with Crippen LogP contribution < -0.4 is 10.6 Å². The lowest BCUT2D eigenvalue weighted by atomic mass is 10.1. The van der Waals surface area contributed by atoms with E-state index >= 15 is 0 Å². The number of pyridine rings is 1. The summed E-state index contributed by atoms with van der Waals surface area (Å²) in [5.74, 6) is -0.0150. The number of hydrogen-bond acceptors (Lipinski definition) is 4. The number of anilines is 1. The number of thiophene rings is 1. The molecular formula is C15H12ClN3OS. The lowest BCUT2D eigenvalue weighted by Crippen LogP contribution is -2.34. The number of carbonyl (C=O) groups excluding carboxylic acids is 1. The number of aromatic nitrogens is 1. The van der Waals surface area contributed by atoms with Crippen LogP contribution in [0.15, 0.2) is 24.3 Å². The van der Waals surface area contributed by atoms with E-state index < -0.39 is 0 Å². The molecule has 6 heteroatoms. The van der Waals surface area contributed by atoms with Gasteiger partial charge in [0, 0.05) is 28.1 Å². The van der Waals surface area contributed by atoms with E-state index in [9.17, 15) is 4.79 Å². The molecule has 0 saturated carbocycles. The quantitative estimate of drug-likeness (QED) is 0.622.